The van der Waals surface area contributed by atoms with E-state index in [2.05, 4.69) is 17.3 Å². The van der Waals surface area contributed by atoms with Crippen LogP contribution in [0.3, 0.4) is 0 Å². The Morgan fingerprint density at radius 3 is 2.44 bits per heavy atom. The van der Waals surface area contributed by atoms with E-state index in [1.165, 1.54) is 0 Å². The second-order valence-corrected chi connectivity index (χ2v) is 6.30. The minimum absolute atomic E-state index is 0.371. The van der Waals surface area contributed by atoms with Crippen LogP contribution in [-0.2, 0) is 9.59 Å². The maximum Gasteiger partial charge on any atom is 0.316 e. The lowest BCUT2D eigenvalue weighted by molar-refractivity contribution is -0.151. The van der Waals surface area contributed by atoms with Crippen molar-refractivity contribution in [1.82, 2.24) is 10.2 Å². The van der Waals surface area contributed by atoms with Crippen LogP contribution in [0.2, 0.25) is 0 Å². The number of likely N-dealkylation sites (tertiary alicyclic amines) is 1. The van der Waals surface area contributed by atoms with Crippen LogP contribution in [0.5, 0.6) is 0 Å². The van der Waals surface area contributed by atoms with Crippen LogP contribution < -0.4 is 5.32 Å². The number of hydrogen-bond acceptors (Lipinski definition) is 3. The minimum Gasteiger partial charge on any atom is -0.481 e. The number of aliphatic carboxylic acids is 1. The number of carbonyl (C=O) groups is 2. The molecule has 0 aliphatic carbocycles. The van der Waals surface area contributed by atoms with Gasteiger partial charge in [0.2, 0.25) is 5.91 Å². The van der Waals surface area contributed by atoms with Gasteiger partial charge in [-0.15, -0.1) is 0 Å². The molecule has 0 radical (unpaired) electrons. The van der Waals surface area contributed by atoms with E-state index in [9.17, 15) is 9.59 Å². The molecule has 2 unspecified atom stereocenters. The monoisotopic (exact) mass is 256 g/mol. The number of amides is 1. The van der Waals surface area contributed by atoms with Crippen molar-refractivity contribution in [3.8, 4) is 0 Å². The Labute approximate surface area is 109 Å². The van der Waals surface area contributed by atoms with E-state index in [4.69, 9.17) is 5.11 Å². The van der Waals surface area contributed by atoms with Crippen LogP contribution in [-0.4, -0.2) is 48.6 Å². The summed E-state index contributed by atoms with van der Waals surface area (Å²) in [5.41, 5.74) is -0.567. The van der Waals surface area contributed by atoms with Crippen molar-refractivity contribution in [2.45, 2.75) is 27.2 Å². The van der Waals surface area contributed by atoms with Crippen LogP contribution >= 0.6 is 0 Å². The predicted molar refractivity (Wildman–Crippen MR) is 69.2 cm³/mol. The molecule has 2 N–H and O–H groups in total. The van der Waals surface area contributed by atoms with Crippen LogP contribution in [0, 0.1) is 17.3 Å². The van der Waals surface area contributed by atoms with E-state index in [1.54, 1.807) is 20.8 Å². The maximum absolute atomic E-state index is 12.0. The number of carboxylic acid groups (broad SMARTS) is 1. The first-order valence-corrected chi connectivity index (χ1v) is 6.41. The van der Waals surface area contributed by atoms with Gasteiger partial charge < -0.3 is 15.3 Å². The van der Waals surface area contributed by atoms with E-state index in [0.717, 1.165) is 19.5 Å². The van der Waals surface area contributed by atoms with Crippen molar-refractivity contribution < 1.29 is 14.7 Å². The highest BCUT2D eigenvalue weighted by Gasteiger charge is 2.37. The third-order valence-electron chi connectivity index (χ3n) is 3.43. The van der Waals surface area contributed by atoms with Gasteiger partial charge in [-0.05, 0) is 31.3 Å². The molecule has 1 rings (SSSR count). The average Bonchev–Trinajstić information content (AvgIpc) is 2.58. The predicted octanol–water partition coefficient (Wildman–Crippen LogP) is 0.801. The van der Waals surface area contributed by atoms with Gasteiger partial charge >= 0.3 is 5.97 Å². The van der Waals surface area contributed by atoms with Gasteiger partial charge in [-0.2, -0.15) is 0 Å². The van der Waals surface area contributed by atoms with E-state index in [1.807, 2.05) is 0 Å². The lowest BCUT2D eigenvalue weighted by Crippen LogP contribution is -2.44. The zero-order chi connectivity index (χ0) is 13.9. The molecule has 104 valence electrons. The normalized spacial score (nSPS) is 22.8. The highest BCUT2D eigenvalue weighted by molar-refractivity contribution is 5.97. The van der Waals surface area contributed by atoms with E-state index in [-0.39, 0.29) is 5.91 Å². The molecule has 1 amide bonds. The summed E-state index contributed by atoms with van der Waals surface area (Å²) in [5.74, 6) is -1.97. The van der Waals surface area contributed by atoms with Gasteiger partial charge in [-0.3, -0.25) is 9.59 Å². The van der Waals surface area contributed by atoms with Crippen LogP contribution in [0.4, 0.5) is 0 Å². The number of nitrogens with zero attached hydrogens (tertiary/aromatic N) is 1. The zero-order valence-corrected chi connectivity index (χ0v) is 11.7. The third kappa shape index (κ3) is 3.98. The molecule has 0 aromatic heterocycles. The number of carboxylic acids is 1. The Kier molecular flexibility index (Phi) is 4.73. The zero-order valence-electron chi connectivity index (χ0n) is 11.7. The fourth-order valence-electron chi connectivity index (χ4n) is 2.42. The first-order valence-electron chi connectivity index (χ1n) is 6.41. The number of nitrogens with one attached hydrogen (secondary N) is 1. The summed E-state index contributed by atoms with van der Waals surface area (Å²) in [6.07, 6.45) is 1.06. The molecule has 1 heterocycles. The van der Waals surface area contributed by atoms with Gasteiger partial charge in [0.15, 0.2) is 0 Å². The van der Waals surface area contributed by atoms with Crippen LogP contribution in [0.15, 0.2) is 0 Å². The Morgan fingerprint density at radius 1 is 1.44 bits per heavy atom. The molecule has 0 spiro atoms. The molecule has 0 aromatic carbocycles. The van der Waals surface area contributed by atoms with E-state index in [0.29, 0.717) is 12.5 Å². The van der Waals surface area contributed by atoms with E-state index < -0.39 is 17.3 Å². The molecule has 1 aliphatic rings. The van der Waals surface area contributed by atoms with Crippen molar-refractivity contribution in [2.24, 2.45) is 17.3 Å². The van der Waals surface area contributed by atoms with Gasteiger partial charge in [-0.25, -0.2) is 0 Å². The van der Waals surface area contributed by atoms with Gasteiger partial charge in [0.25, 0.3) is 0 Å². The largest absolute Gasteiger partial charge is 0.481 e. The second kappa shape index (κ2) is 5.69. The Balaban J connectivity index is 2.50. The van der Waals surface area contributed by atoms with Gasteiger partial charge in [0, 0.05) is 13.1 Å². The quantitative estimate of drug-likeness (QED) is 0.730. The maximum atomic E-state index is 12.0. The summed E-state index contributed by atoms with van der Waals surface area (Å²) in [6, 6.07) is 0. The smallest absolute Gasteiger partial charge is 0.316 e. The summed E-state index contributed by atoms with van der Waals surface area (Å²) in [6.45, 7) is 7.90. The molecule has 2 atom stereocenters. The highest BCUT2D eigenvalue weighted by Crippen LogP contribution is 2.26. The lowest BCUT2D eigenvalue weighted by Gasteiger charge is -2.26. The summed E-state index contributed by atoms with van der Waals surface area (Å²) in [5, 5.41) is 11.9. The Morgan fingerprint density at radius 2 is 2.06 bits per heavy atom. The summed E-state index contributed by atoms with van der Waals surface area (Å²) < 4.78 is 0. The topological polar surface area (TPSA) is 69.6 Å². The fraction of sp³-hybridized carbons (Fsp3) is 0.846. The molecule has 5 heteroatoms. The van der Waals surface area contributed by atoms with Gasteiger partial charge in [0.1, 0.15) is 5.92 Å². The van der Waals surface area contributed by atoms with Crippen molar-refractivity contribution in [3.63, 3.8) is 0 Å². The SMILES string of the molecule is CN1CCC(CNC(=O)C(C(=O)O)C(C)(C)C)C1. The molecule has 0 aromatic rings. The van der Waals surface area contributed by atoms with Crippen LogP contribution in [0.1, 0.15) is 27.2 Å². The van der Waals surface area contributed by atoms with Crippen molar-refractivity contribution >= 4 is 11.9 Å². The highest BCUT2D eigenvalue weighted by atomic mass is 16.4. The first kappa shape index (κ1) is 15.0. The molecule has 0 saturated carbocycles. The van der Waals surface area contributed by atoms with Crippen molar-refractivity contribution in [1.29, 1.82) is 0 Å². The van der Waals surface area contributed by atoms with Gasteiger partial charge in [0.05, 0.1) is 0 Å². The molecule has 1 aliphatic heterocycles. The average molecular weight is 256 g/mol. The van der Waals surface area contributed by atoms with Crippen molar-refractivity contribution in [2.75, 3.05) is 26.7 Å². The summed E-state index contributed by atoms with van der Waals surface area (Å²) in [4.78, 5) is 25.3. The summed E-state index contributed by atoms with van der Waals surface area (Å²) in [7, 11) is 2.05. The van der Waals surface area contributed by atoms with Crippen molar-refractivity contribution in [3.05, 3.63) is 0 Å². The minimum atomic E-state index is -1.05. The Hall–Kier alpha value is -1.10. The lowest BCUT2D eigenvalue weighted by atomic mass is 9.80. The number of carbonyl (C=O) groups excluding carboxylic acids is 1. The Bertz CT molecular complexity index is 323. The molecule has 18 heavy (non-hydrogen) atoms. The number of hydrogen-bond donors (Lipinski definition) is 2. The first-order chi connectivity index (χ1) is 8.21. The standard InChI is InChI=1S/C13H24N2O3/c1-13(2,3)10(12(17)18)11(16)14-7-9-5-6-15(4)8-9/h9-10H,5-8H2,1-4H3,(H,14,16)(H,17,18). The fourth-order valence-corrected chi connectivity index (χ4v) is 2.42. The summed E-state index contributed by atoms with van der Waals surface area (Å²) >= 11 is 0. The van der Waals surface area contributed by atoms with Gasteiger partial charge in [-0.1, -0.05) is 20.8 Å². The third-order valence-corrected chi connectivity index (χ3v) is 3.43. The second-order valence-electron chi connectivity index (χ2n) is 6.30. The van der Waals surface area contributed by atoms with Crippen LogP contribution in [0.25, 0.3) is 0 Å². The molecule has 1 saturated heterocycles. The molecular formula is C13H24N2O3. The number of rotatable bonds is 4. The molecule has 1 fully saturated rings. The van der Waals surface area contributed by atoms with E-state index >= 15 is 0 Å². The molecular weight excluding hydrogens is 232 g/mol. The molecule has 5 nitrogen and oxygen atoms in total. The molecule has 0 bridgehead atoms.